The maximum absolute atomic E-state index is 2.46. The Bertz CT molecular complexity index is 3030. The second-order valence-electron chi connectivity index (χ2n) is 16.9. The molecule has 0 heteroatoms. The van der Waals surface area contributed by atoms with Crippen LogP contribution >= 0.6 is 0 Å². The van der Waals surface area contributed by atoms with Gasteiger partial charge in [-0.3, -0.25) is 0 Å². The van der Waals surface area contributed by atoms with E-state index in [1.54, 1.807) is 0 Å². The lowest BCUT2D eigenvalue weighted by atomic mass is 9.82. The zero-order valence-corrected chi connectivity index (χ0v) is 29.5. The topological polar surface area (TPSA) is 0 Å². The second kappa shape index (κ2) is 9.20. The van der Waals surface area contributed by atoms with E-state index in [0.29, 0.717) is 0 Å². The number of rotatable bonds is 2. The summed E-state index contributed by atoms with van der Waals surface area (Å²) in [5.74, 6) is 0. The van der Waals surface area contributed by atoms with Gasteiger partial charge in [0.05, 0.1) is 0 Å². The van der Waals surface area contributed by atoms with Gasteiger partial charge in [0.1, 0.15) is 0 Å². The third-order valence-corrected chi connectivity index (χ3v) is 12.0. The molecule has 0 unspecified atom stereocenters. The maximum Gasteiger partial charge on any atom is -0.00139 e. The molecule has 11 rings (SSSR count). The second-order valence-corrected chi connectivity index (χ2v) is 16.9. The normalized spacial score (nSPS) is 13.4. The van der Waals surface area contributed by atoms with E-state index in [-0.39, 0.29) is 10.8 Å². The Balaban J connectivity index is 1.17. The summed E-state index contributed by atoms with van der Waals surface area (Å²) in [6, 6.07) is 47.0. The predicted octanol–water partition coefficient (Wildman–Crippen LogP) is 14.5. The van der Waals surface area contributed by atoms with E-state index < -0.39 is 0 Å². The van der Waals surface area contributed by atoms with Crippen LogP contribution in [0.3, 0.4) is 0 Å². The van der Waals surface area contributed by atoms with Gasteiger partial charge < -0.3 is 0 Å². The summed E-state index contributed by atoms with van der Waals surface area (Å²) in [5.41, 5.74) is 13.6. The van der Waals surface area contributed by atoms with Gasteiger partial charge in [0.25, 0.3) is 0 Å². The SMILES string of the molecule is CC(C)(C)c1cc2c3c(ccc4ccc5c(-c6ccccc6-c6ccc7c8c6ccc6ccc9c(C(C)(C)C)ccc-7c9c68)ccc-2c5c43)c1. The van der Waals surface area contributed by atoms with Crippen molar-refractivity contribution in [3.05, 3.63) is 132 Å². The smallest absolute Gasteiger partial charge is 0.00139 e. The molecule has 2 aliphatic carbocycles. The molecule has 0 aromatic heterocycles. The average Bonchev–Trinajstić information content (AvgIpc) is 3.63. The lowest BCUT2D eigenvalue weighted by Gasteiger charge is -2.22. The highest BCUT2D eigenvalue weighted by atomic mass is 14.3. The molecule has 0 nitrogen and oxygen atoms in total. The Morgan fingerprint density at radius 2 is 0.760 bits per heavy atom. The quantitative estimate of drug-likeness (QED) is 0.165. The van der Waals surface area contributed by atoms with Gasteiger partial charge in [0.15, 0.2) is 0 Å². The Morgan fingerprint density at radius 3 is 1.34 bits per heavy atom. The molecule has 238 valence electrons. The fraction of sp³-hybridized carbons (Fsp3) is 0.160. The largest absolute Gasteiger partial charge is 0.0616 e. The minimum absolute atomic E-state index is 0.0755. The Hall–Kier alpha value is -5.46. The highest BCUT2D eigenvalue weighted by Gasteiger charge is 2.28. The number of hydrogen-bond acceptors (Lipinski definition) is 0. The molecular weight excluding hydrogens is 601 g/mol. The highest BCUT2D eigenvalue weighted by molar-refractivity contribution is 6.36. The van der Waals surface area contributed by atoms with Crippen molar-refractivity contribution in [2.24, 2.45) is 0 Å². The molecule has 0 bridgehead atoms. The van der Waals surface area contributed by atoms with E-state index >= 15 is 0 Å². The zero-order chi connectivity index (χ0) is 33.8. The lowest BCUT2D eigenvalue weighted by Crippen LogP contribution is -2.11. The predicted molar refractivity (Wildman–Crippen MR) is 218 cm³/mol. The summed E-state index contributed by atoms with van der Waals surface area (Å²) < 4.78 is 0. The van der Waals surface area contributed by atoms with Crippen molar-refractivity contribution in [1.82, 2.24) is 0 Å². The van der Waals surface area contributed by atoms with Crippen molar-refractivity contribution in [2.45, 2.75) is 52.4 Å². The Kier molecular flexibility index (Phi) is 5.22. The number of benzene rings is 9. The summed E-state index contributed by atoms with van der Waals surface area (Å²) in [5, 5.41) is 16.5. The molecule has 9 aromatic carbocycles. The van der Waals surface area contributed by atoms with E-state index in [4.69, 9.17) is 0 Å². The van der Waals surface area contributed by atoms with Gasteiger partial charge in [0.2, 0.25) is 0 Å². The van der Waals surface area contributed by atoms with Crippen LogP contribution in [0.1, 0.15) is 52.7 Å². The molecule has 0 saturated heterocycles. The molecule has 0 aliphatic heterocycles. The maximum atomic E-state index is 2.46. The van der Waals surface area contributed by atoms with Gasteiger partial charge in [0, 0.05) is 0 Å². The van der Waals surface area contributed by atoms with Gasteiger partial charge in [-0.15, -0.1) is 0 Å². The molecule has 0 N–H and O–H groups in total. The van der Waals surface area contributed by atoms with Crippen LogP contribution in [0.4, 0.5) is 0 Å². The number of hydrogen-bond donors (Lipinski definition) is 0. The van der Waals surface area contributed by atoms with Crippen molar-refractivity contribution < 1.29 is 0 Å². The Morgan fingerprint density at radius 1 is 0.300 bits per heavy atom. The molecule has 0 atom stereocenters. The standard InChI is InChI=1S/C50H38/c1-49(2,3)30-25-29-12-11-27-13-16-36-34(20-22-39-41(26-30)43(29)44(27)47(36)39)32-10-8-7-9-31(32)33-19-21-37-38-23-24-42(50(4,5)6)40-18-15-28-14-17-35(33)46(37)45(28)48(38)40/h7-26H,1-6H3. The van der Waals surface area contributed by atoms with Crippen LogP contribution < -0.4 is 0 Å². The summed E-state index contributed by atoms with van der Waals surface area (Å²) in [6.45, 7) is 14.0. The molecule has 0 radical (unpaired) electrons. The first-order chi connectivity index (χ1) is 24.1. The minimum Gasteiger partial charge on any atom is -0.0616 e. The lowest BCUT2D eigenvalue weighted by molar-refractivity contribution is 0.591. The van der Waals surface area contributed by atoms with Crippen LogP contribution in [0.5, 0.6) is 0 Å². The molecule has 0 fully saturated rings. The van der Waals surface area contributed by atoms with E-state index in [1.807, 2.05) is 0 Å². The van der Waals surface area contributed by atoms with Crippen LogP contribution in [0.15, 0.2) is 121 Å². The van der Waals surface area contributed by atoms with Crippen LogP contribution in [0.25, 0.3) is 109 Å². The summed E-state index contributed by atoms with van der Waals surface area (Å²) in [4.78, 5) is 0. The van der Waals surface area contributed by atoms with Crippen molar-refractivity contribution in [3.8, 4) is 44.5 Å². The molecule has 0 spiro atoms. The average molecular weight is 639 g/mol. The van der Waals surface area contributed by atoms with Gasteiger partial charge in [-0.1, -0.05) is 157 Å². The van der Waals surface area contributed by atoms with Crippen LogP contribution in [0, 0.1) is 0 Å². The van der Waals surface area contributed by atoms with Crippen LogP contribution in [-0.4, -0.2) is 0 Å². The minimum atomic E-state index is 0.0755. The first-order valence-electron chi connectivity index (χ1n) is 18.1. The van der Waals surface area contributed by atoms with E-state index in [9.17, 15) is 0 Å². The van der Waals surface area contributed by atoms with Crippen LogP contribution in [0.2, 0.25) is 0 Å². The van der Waals surface area contributed by atoms with Gasteiger partial charge in [-0.2, -0.15) is 0 Å². The molecule has 9 aromatic rings. The van der Waals surface area contributed by atoms with Crippen molar-refractivity contribution in [3.63, 3.8) is 0 Å². The van der Waals surface area contributed by atoms with Gasteiger partial charge >= 0.3 is 0 Å². The van der Waals surface area contributed by atoms with Crippen LogP contribution in [-0.2, 0) is 10.8 Å². The van der Waals surface area contributed by atoms with Crippen molar-refractivity contribution in [2.75, 3.05) is 0 Å². The molecular formula is C50H38. The molecule has 0 amide bonds. The zero-order valence-electron chi connectivity index (χ0n) is 29.5. The van der Waals surface area contributed by atoms with E-state index in [2.05, 4.69) is 163 Å². The third kappa shape index (κ3) is 3.51. The molecule has 0 saturated carbocycles. The number of fused-ring (bicyclic) bond motifs is 2. The first kappa shape index (κ1) is 28.4. The van der Waals surface area contributed by atoms with Crippen molar-refractivity contribution in [1.29, 1.82) is 0 Å². The highest BCUT2D eigenvalue weighted by Crippen LogP contribution is 2.54. The molecule has 2 aliphatic rings. The molecule has 50 heavy (non-hydrogen) atoms. The summed E-state index contributed by atoms with van der Waals surface area (Å²) >= 11 is 0. The first-order valence-corrected chi connectivity index (χ1v) is 18.1. The summed E-state index contributed by atoms with van der Waals surface area (Å²) in [6.07, 6.45) is 0. The third-order valence-electron chi connectivity index (χ3n) is 12.0. The summed E-state index contributed by atoms with van der Waals surface area (Å²) in [7, 11) is 0. The monoisotopic (exact) mass is 638 g/mol. The van der Waals surface area contributed by atoms with Gasteiger partial charge in [-0.25, -0.2) is 0 Å². The van der Waals surface area contributed by atoms with Gasteiger partial charge in [-0.05, 0) is 137 Å². The van der Waals surface area contributed by atoms with Crippen molar-refractivity contribution >= 4 is 64.6 Å². The van der Waals surface area contributed by atoms with E-state index in [1.165, 1.54) is 120 Å². The fourth-order valence-electron chi connectivity index (χ4n) is 9.63. The fourth-order valence-corrected chi connectivity index (χ4v) is 9.63. The molecule has 0 heterocycles. The Labute approximate surface area is 293 Å². The van der Waals surface area contributed by atoms with E-state index in [0.717, 1.165) is 0 Å².